The Kier molecular flexibility index (Phi) is 9.16. The third-order valence-corrected chi connectivity index (χ3v) is 4.52. The number of rotatable bonds is 7. The van der Waals surface area contributed by atoms with E-state index < -0.39 is 0 Å². The summed E-state index contributed by atoms with van der Waals surface area (Å²) in [7, 11) is 1.68. The molecule has 0 aliphatic rings. The number of hydrogen-bond donors (Lipinski definition) is 2. The van der Waals surface area contributed by atoms with Gasteiger partial charge in [-0.25, -0.2) is 9.98 Å². The van der Waals surface area contributed by atoms with Crippen LogP contribution in [0.2, 0.25) is 0 Å². The summed E-state index contributed by atoms with van der Waals surface area (Å²) in [5.74, 6) is 2.23. The number of ether oxygens (including phenoxy) is 1. The van der Waals surface area contributed by atoms with Crippen LogP contribution in [-0.2, 0) is 13.1 Å². The fraction of sp³-hybridized carbons (Fsp3) is 0.304. The molecule has 0 saturated heterocycles. The van der Waals surface area contributed by atoms with Gasteiger partial charge in [0.05, 0.1) is 25.9 Å². The molecule has 0 fully saturated rings. The topological polar surface area (TPSA) is 71.7 Å². The maximum Gasteiger partial charge on any atom is 0.226 e. The van der Waals surface area contributed by atoms with Crippen molar-refractivity contribution in [3.63, 3.8) is 0 Å². The Hall–Kier alpha value is -2.55. The largest absolute Gasteiger partial charge is 0.496 e. The Labute approximate surface area is 195 Å². The van der Waals surface area contributed by atoms with E-state index in [2.05, 4.69) is 33.6 Å². The van der Waals surface area contributed by atoms with Gasteiger partial charge >= 0.3 is 0 Å². The molecule has 0 radical (unpaired) electrons. The number of aryl methyl sites for hydroxylation is 2. The molecule has 1 aromatic heterocycles. The van der Waals surface area contributed by atoms with Crippen LogP contribution < -0.4 is 15.4 Å². The van der Waals surface area contributed by atoms with E-state index in [1.54, 1.807) is 13.4 Å². The predicted molar refractivity (Wildman–Crippen MR) is 131 cm³/mol. The Bertz CT molecular complexity index is 968. The van der Waals surface area contributed by atoms with Gasteiger partial charge in [0.15, 0.2) is 5.96 Å². The third-order valence-electron chi connectivity index (χ3n) is 4.52. The van der Waals surface area contributed by atoms with E-state index in [1.165, 1.54) is 5.56 Å². The van der Waals surface area contributed by atoms with Crippen LogP contribution in [0, 0.1) is 13.8 Å². The maximum atomic E-state index is 5.62. The van der Waals surface area contributed by atoms with Crippen molar-refractivity contribution in [1.82, 2.24) is 15.6 Å². The highest BCUT2D eigenvalue weighted by molar-refractivity contribution is 14.0. The van der Waals surface area contributed by atoms with Gasteiger partial charge in [0.2, 0.25) is 5.89 Å². The van der Waals surface area contributed by atoms with Gasteiger partial charge in [-0.15, -0.1) is 24.0 Å². The summed E-state index contributed by atoms with van der Waals surface area (Å²) in [4.78, 5) is 9.22. The standard InChI is InChI=1S/C23H28N4O2.HI/c1-5-24-23(25-13-18-9-8-17(3)21(12-18)28-4)26-14-20-15-29-22(27-20)19-10-6-16(2)7-11-19;/h6-12,15H,5,13-14H2,1-4H3,(H2,24,25,26);1H. The van der Waals surface area contributed by atoms with Crippen molar-refractivity contribution in [2.45, 2.75) is 33.9 Å². The molecule has 3 rings (SSSR count). The second-order valence-corrected chi connectivity index (χ2v) is 6.86. The van der Waals surface area contributed by atoms with Gasteiger partial charge in [-0.05, 0) is 50.1 Å². The minimum Gasteiger partial charge on any atom is -0.496 e. The highest BCUT2D eigenvalue weighted by Crippen LogP contribution is 2.20. The molecule has 0 bridgehead atoms. The highest BCUT2D eigenvalue weighted by atomic mass is 127. The minimum absolute atomic E-state index is 0. The summed E-state index contributed by atoms with van der Waals surface area (Å²) in [6.45, 7) is 7.98. The van der Waals surface area contributed by atoms with Crippen LogP contribution in [0.1, 0.15) is 29.3 Å². The Morgan fingerprint density at radius 3 is 2.57 bits per heavy atom. The van der Waals surface area contributed by atoms with Crippen molar-refractivity contribution < 1.29 is 9.15 Å². The van der Waals surface area contributed by atoms with Crippen LogP contribution in [0.3, 0.4) is 0 Å². The number of halogens is 1. The van der Waals surface area contributed by atoms with Gasteiger partial charge < -0.3 is 19.8 Å². The van der Waals surface area contributed by atoms with Gasteiger partial charge in [0.25, 0.3) is 0 Å². The minimum atomic E-state index is 0. The van der Waals surface area contributed by atoms with Crippen molar-refractivity contribution in [3.05, 3.63) is 71.1 Å². The molecule has 160 valence electrons. The number of benzene rings is 2. The Morgan fingerprint density at radius 2 is 1.87 bits per heavy atom. The van der Waals surface area contributed by atoms with Crippen LogP contribution in [0.5, 0.6) is 5.75 Å². The molecule has 30 heavy (non-hydrogen) atoms. The SMILES string of the molecule is CCNC(=NCc1ccc(C)c(OC)c1)NCc1coc(-c2ccc(C)cc2)n1.I. The number of guanidine groups is 1. The van der Waals surface area contributed by atoms with Gasteiger partial charge in [-0.1, -0.05) is 29.8 Å². The third kappa shape index (κ3) is 6.48. The van der Waals surface area contributed by atoms with Crippen molar-refractivity contribution in [1.29, 1.82) is 0 Å². The molecular formula is C23H29IN4O2. The average molecular weight is 520 g/mol. The van der Waals surface area contributed by atoms with E-state index in [9.17, 15) is 0 Å². The summed E-state index contributed by atoms with van der Waals surface area (Å²) >= 11 is 0. The van der Waals surface area contributed by atoms with Crippen LogP contribution in [0.25, 0.3) is 11.5 Å². The Morgan fingerprint density at radius 1 is 1.10 bits per heavy atom. The van der Waals surface area contributed by atoms with E-state index >= 15 is 0 Å². The van der Waals surface area contributed by atoms with Crippen LogP contribution in [0.4, 0.5) is 0 Å². The number of aromatic nitrogens is 1. The summed E-state index contributed by atoms with van der Waals surface area (Å²) < 4.78 is 11.0. The molecule has 0 saturated carbocycles. The lowest BCUT2D eigenvalue weighted by molar-refractivity contribution is 0.411. The molecule has 0 atom stereocenters. The first-order valence-corrected chi connectivity index (χ1v) is 9.76. The first-order chi connectivity index (χ1) is 14.1. The van der Waals surface area contributed by atoms with Crippen molar-refractivity contribution in [3.8, 4) is 17.2 Å². The molecule has 7 heteroatoms. The summed E-state index contributed by atoms with van der Waals surface area (Å²) in [6.07, 6.45) is 1.68. The fourth-order valence-corrected chi connectivity index (χ4v) is 2.87. The molecule has 0 spiro atoms. The highest BCUT2D eigenvalue weighted by Gasteiger charge is 2.07. The second kappa shape index (κ2) is 11.6. The molecule has 2 aromatic carbocycles. The lowest BCUT2D eigenvalue weighted by Gasteiger charge is -2.11. The van der Waals surface area contributed by atoms with Crippen LogP contribution in [-0.4, -0.2) is 24.6 Å². The van der Waals surface area contributed by atoms with Gasteiger partial charge in [0.1, 0.15) is 12.0 Å². The van der Waals surface area contributed by atoms with E-state index in [0.29, 0.717) is 19.0 Å². The average Bonchev–Trinajstić information content (AvgIpc) is 3.20. The molecule has 2 N–H and O–H groups in total. The molecule has 0 aliphatic heterocycles. The molecule has 0 amide bonds. The van der Waals surface area contributed by atoms with Crippen molar-refractivity contribution in [2.75, 3.05) is 13.7 Å². The second-order valence-electron chi connectivity index (χ2n) is 6.86. The van der Waals surface area contributed by atoms with E-state index in [-0.39, 0.29) is 24.0 Å². The molecular weight excluding hydrogens is 491 g/mol. The van der Waals surface area contributed by atoms with Crippen LogP contribution in [0.15, 0.2) is 58.1 Å². The number of nitrogens with zero attached hydrogens (tertiary/aromatic N) is 2. The molecule has 0 aliphatic carbocycles. The van der Waals surface area contributed by atoms with Gasteiger partial charge in [0, 0.05) is 12.1 Å². The van der Waals surface area contributed by atoms with E-state index in [4.69, 9.17) is 9.15 Å². The zero-order valence-corrected chi connectivity index (χ0v) is 20.2. The number of oxazole rings is 1. The fourth-order valence-electron chi connectivity index (χ4n) is 2.87. The van der Waals surface area contributed by atoms with Gasteiger partial charge in [-0.3, -0.25) is 0 Å². The summed E-state index contributed by atoms with van der Waals surface area (Å²) in [5, 5.41) is 6.56. The van der Waals surface area contributed by atoms with E-state index in [1.807, 2.05) is 50.2 Å². The summed E-state index contributed by atoms with van der Waals surface area (Å²) in [5.41, 5.74) is 5.20. The Balaban J connectivity index is 0.00000320. The zero-order chi connectivity index (χ0) is 20.6. The molecule has 0 unspecified atom stereocenters. The first-order valence-electron chi connectivity index (χ1n) is 9.76. The zero-order valence-electron chi connectivity index (χ0n) is 17.9. The number of nitrogens with one attached hydrogen (secondary N) is 2. The van der Waals surface area contributed by atoms with Crippen molar-refractivity contribution >= 4 is 29.9 Å². The smallest absolute Gasteiger partial charge is 0.226 e. The maximum absolute atomic E-state index is 5.62. The quantitative estimate of drug-likeness (QED) is 0.265. The number of aliphatic imine (C=N–C) groups is 1. The van der Waals surface area contributed by atoms with Gasteiger partial charge in [-0.2, -0.15) is 0 Å². The monoisotopic (exact) mass is 520 g/mol. The van der Waals surface area contributed by atoms with Crippen LogP contribution >= 0.6 is 24.0 Å². The molecule has 3 aromatic rings. The van der Waals surface area contributed by atoms with E-state index in [0.717, 1.165) is 40.6 Å². The lowest BCUT2D eigenvalue weighted by Crippen LogP contribution is -2.36. The van der Waals surface area contributed by atoms with Crippen molar-refractivity contribution in [2.24, 2.45) is 4.99 Å². The predicted octanol–water partition coefficient (Wildman–Crippen LogP) is 4.84. The summed E-state index contributed by atoms with van der Waals surface area (Å²) in [6, 6.07) is 14.3. The molecule has 1 heterocycles. The number of methoxy groups -OCH3 is 1. The molecule has 6 nitrogen and oxygen atoms in total. The normalized spacial score (nSPS) is 11.0. The lowest BCUT2D eigenvalue weighted by atomic mass is 10.1. The first kappa shape index (κ1) is 23.7. The number of hydrogen-bond acceptors (Lipinski definition) is 4.